The third-order valence-electron chi connectivity index (χ3n) is 3.70. The van der Waals surface area contributed by atoms with Gasteiger partial charge in [0.25, 0.3) is 0 Å². The summed E-state index contributed by atoms with van der Waals surface area (Å²) in [7, 11) is 0. The van der Waals surface area contributed by atoms with E-state index in [1.165, 1.54) is 34.0 Å². The second-order valence-electron chi connectivity index (χ2n) is 5.21. The number of benzene rings is 1. The number of hydrogen-bond acceptors (Lipinski definition) is 5. The van der Waals surface area contributed by atoms with Crippen molar-refractivity contribution >= 4 is 45.4 Å². The molecular formula is C17H13N3OS2. The predicted octanol–water partition coefficient (Wildman–Crippen LogP) is 4.23. The maximum absolute atomic E-state index is 12.2. The summed E-state index contributed by atoms with van der Waals surface area (Å²) in [5, 5.41) is 12.4. The van der Waals surface area contributed by atoms with Crippen LogP contribution in [0.25, 0.3) is 16.6 Å². The molecule has 6 heteroatoms. The Morgan fingerprint density at radius 3 is 2.91 bits per heavy atom. The smallest absolute Gasteiger partial charge is 0.196 e. The van der Waals surface area contributed by atoms with Crippen LogP contribution < -0.4 is 0 Å². The van der Waals surface area contributed by atoms with Crippen LogP contribution in [-0.2, 0) is 0 Å². The highest BCUT2D eigenvalue weighted by molar-refractivity contribution is 7.99. The number of carbonyl (C=O) groups is 1. The average molecular weight is 339 g/mol. The second kappa shape index (κ2) is 5.79. The molecule has 0 fully saturated rings. The standard InChI is InChI=1S/C17H13N3OS2/c1-11-9-16-18-19-17(20(16)13-6-3-2-5-12(11)13)23-10-14(21)15-7-4-8-22-15/h2-9H,10H2,1H3. The summed E-state index contributed by atoms with van der Waals surface area (Å²) in [6.07, 6.45) is 0. The van der Waals surface area contributed by atoms with Crippen molar-refractivity contribution in [3.63, 3.8) is 0 Å². The zero-order valence-corrected chi connectivity index (χ0v) is 14.0. The van der Waals surface area contributed by atoms with E-state index in [1.54, 1.807) is 0 Å². The second-order valence-corrected chi connectivity index (χ2v) is 7.10. The molecule has 3 aromatic heterocycles. The van der Waals surface area contributed by atoms with Gasteiger partial charge in [-0.15, -0.1) is 21.5 Å². The molecular weight excluding hydrogens is 326 g/mol. The summed E-state index contributed by atoms with van der Waals surface area (Å²) in [6, 6.07) is 14.0. The molecule has 0 saturated carbocycles. The van der Waals surface area contributed by atoms with Crippen molar-refractivity contribution in [3.05, 3.63) is 58.3 Å². The molecule has 0 saturated heterocycles. The van der Waals surface area contributed by atoms with Gasteiger partial charge in [0.1, 0.15) is 0 Å². The number of fused-ring (bicyclic) bond motifs is 3. The van der Waals surface area contributed by atoms with E-state index in [1.807, 2.05) is 40.1 Å². The van der Waals surface area contributed by atoms with Crippen molar-refractivity contribution in [2.45, 2.75) is 12.1 Å². The summed E-state index contributed by atoms with van der Waals surface area (Å²) < 4.78 is 2.02. The van der Waals surface area contributed by atoms with E-state index >= 15 is 0 Å². The first-order chi connectivity index (χ1) is 11.2. The number of rotatable bonds is 4. The van der Waals surface area contributed by atoms with Gasteiger partial charge in [-0.25, -0.2) is 0 Å². The Morgan fingerprint density at radius 1 is 1.22 bits per heavy atom. The number of pyridine rings is 1. The number of ketones is 1. The van der Waals surface area contributed by atoms with Gasteiger partial charge in [0.15, 0.2) is 16.6 Å². The van der Waals surface area contributed by atoms with E-state index in [-0.39, 0.29) is 5.78 Å². The first-order valence-electron chi connectivity index (χ1n) is 7.17. The molecule has 23 heavy (non-hydrogen) atoms. The van der Waals surface area contributed by atoms with E-state index < -0.39 is 0 Å². The van der Waals surface area contributed by atoms with Crippen molar-refractivity contribution < 1.29 is 4.79 Å². The maximum atomic E-state index is 12.2. The lowest BCUT2D eigenvalue weighted by atomic mass is 10.1. The maximum Gasteiger partial charge on any atom is 0.196 e. The van der Waals surface area contributed by atoms with Gasteiger partial charge in [0, 0.05) is 5.39 Å². The Morgan fingerprint density at radius 2 is 2.09 bits per heavy atom. The van der Waals surface area contributed by atoms with Gasteiger partial charge in [-0.1, -0.05) is 36.0 Å². The lowest BCUT2D eigenvalue weighted by Gasteiger charge is -2.06. The number of nitrogens with zero attached hydrogens (tertiary/aromatic N) is 3. The molecule has 0 radical (unpaired) electrons. The summed E-state index contributed by atoms with van der Waals surface area (Å²) in [4.78, 5) is 13.0. The predicted molar refractivity (Wildman–Crippen MR) is 94.6 cm³/mol. The van der Waals surface area contributed by atoms with Crippen LogP contribution in [-0.4, -0.2) is 26.1 Å². The number of aromatic nitrogens is 3. The minimum Gasteiger partial charge on any atom is -0.292 e. The molecule has 4 aromatic rings. The summed E-state index contributed by atoms with van der Waals surface area (Å²) in [6.45, 7) is 2.07. The molecule has 0 N–H and O–H groups in total. The topological polar surface area (TPSA) is 47.3 Å². The van der Waals surface area contributed by atoms with Crippen LogP contribution in [0.1, 0.15) is 15.2 Å². The number of thiophene rings is 1. The molecule has 3 heterocycles. The SMILES string of the molecule is Cc1cc2nnc(SCC(=O)c3cccs3)n2c2ccccc12. The quantitative estimate of drug-likeness (QED) is 0.412. The third-order valence-corrected chi connectivity index (χ3v) is 5.54. The molecule has 4 rings (SSSR count). The number of aryl methyl sites for hydroxylation is 1. The molecule has 0 aliphatic carbocycles. The zero-order chi connectivity index (χ0) is 15.8. The lowest BCUT2D eigenvalue weighted by molar-refractivity contribution is 0.102. The monoisotopic (exact) mass is 339 g/mol. The van der Waals surface area contributed by atoms with Gasteiger partial charge < -0.3 is 0 Å². The molecule has 0 spiro atoms. The Bertz CT molecular complexity index is 1010. The molecule has 4 nitrogen and oxygen atoms in total. The minimum atomic E-state index is 0.123. The molecule has 1 aromatic carbocycles. The van der Waals surface area contributed by atoms with Gasteiger partial charge in [0.2, 0.25) is 0 Å². The highest BCUT2D eigenvalue weighted by atomic mass is 32.2. The van der Waals surface area contributed by atoms with Crippen LogP contribution in [0.5, 0.6) is 0 Å². The van der Waals surface area contributed by atoms with E-state index in [2.05, 4.69) is 29.3 Å². The number of carbonyl (C=O) groups excluding carboxylic acids is 1. The van der Waals surface area contributed by atoms with Gasteiger partial charge in [-0.3, -0.25) is 9.20 Å². The number of Topliss-reactive ketones (excluding diaryl/α,β-unsaturated/α-hetero) is 1. The molecule has 0 bridgehead atoms. The van der Waals surface area contributed by atoms with E-state index in [0.717, 1.165) is 21.2 Å². The van der Waals surface area contributed by atoms with Crippen LogP contribution in [0.2, 0.25) is 0 Å². The van der Waals surface area contributed by atoms with Gasteiger partial charge >= 0.3 is 0 Å². The van der Waals surface area contributed by atoms with E-state index in [4.69, 9.17) is 0 Å². The van der Waals surface area contributed by atoms with Gasteiger partial charge in [-0.05, 0) is 36.1 Å². The Kier molecular flexibility index (Phi) is 3.63. The highest BCUT2D eigenvalue weighted by Crippen LogP contribution is 2.26. The minimum absolute atomic E-state index is 0.123. The summed E-state index contributed by atoms with van der Waals surface area (Å²) in [5.74, 6) is 0.488. The molecule has 0 unspecified atom stereocenters. The van der Waals surface area contributed by atoms with Crippen LogP contribution in [0.4, 0.5) is 0 Å². The molecule has 0 aliphatic heterocycles. The largest absolute Gasteiger partial charge is 0.292 e. The number of thioether (sulfide) groups is 1. The van der Waals surface area contributed by atoms with Gasteiger partial charge in [-0.2, -0.15) is 0 Å². The van der Waals surface area contributed by atoms with E-state index in [9.17, 15) is 4.79 Å². The first-order valence-corrected chi connectivity index (χ1v) is 9.03. The van der Waals surface area contributed by atoms with Crippen molar-refractivity contribution in [3.8, 4) is 0 Å². The van der Waals surface area contributed by atoms with Crippen LogP contribution in [0.15, 0.2) is 53.0 Å². The summed E-state index contributed by atoms with van der Waals surface area (Å²) >= 11 is 2.90. The Hall–Kier alpha value is -2.18. The molecule has 0 amide bonds. The van der Waals surface area contributed by atoms with Gasteiger partial charge in [0.05, 0.1) is 16.1 Å². The van der Waals surface area contributed by atoms with Crippen LogP contribution in [0, 0.1) is 6.92 Å². The summed E-state index contributed by atoms with van der Waals surface area (Å²) in [5.41, 5.74) is 3.05. The van der Waals surface area contributed by atoms with Crippen molar-refractivity contribution in [2.75, 3.05) is 5.75 Å². The van der Waals surface area contributed by atoms with Crippen molar-refractivity contribution in [2.24, 2.45) is 0 Å². The Balaban J connectivity index is 1.73. The molecule has 114 valence electrons. The number of para-hydroxylation sites is 1. The first kappa shape index (κ1) is 14.4. The van der Waals surface area contributed by atoms with Crippen LogP contribution >= 0.6 is 23.1 Å². The molecule has 0 aliphatic rings. The fourth-order valence-electron chi connectivity index (χ4n) is 2.61. The van der Waals surface area contributed by atoms with Crippen LogP contribution in [0.3, 0.4) is 0 Å². The Labute approximate surface area is 141 Å². The third kappa shape index (κ3) is 2.54. The zero-order valence-electron chi connectivity index (χ0n) is 12.4. The van der Waals surface area contributed by atoms with E-state index in [0.29, 0.717) is 5.75 Å². The number of hydrogen-bond donors (Lipinski definition) is 0. The normalized spacial score (nSPS) is 11.3. The lowest BCUT2D eigenvalue weighted by Crippen LogP contribution is -2.01. The fraction of sp³-hybridized carbons (Fsp3) is 0.118. The highest BCUT2D eigenvalue weighted by Gasteiger charge is 2.14. The van der Waals surface area contributed by atoms with Crippen molar-refractivity contribution in [1.82, 2.24) is 14.6 Å². The molecule has 0 atom stereocenters. The fourth-order valence-corrected chi connectivity index (χ4v) is 4.20. The average Bonchev–Trinajstić information content (AvgIpc) is 3.23. The van der Waals surface area contributed by atoms with Crippen molar-refractivity contribution in [1.29, 1.82) is 0 Å².